The lowest BCUT2D eigenvalue weighted by molar-refractivity contribution is -0.123. The van der Waals surface area contributed by atoms with Gasteiger partial charge in [0.2, 0.25) is 0 Å². The van der Waals surface area contributed by atoms with Crippen LogP contribution in [0.2, 0.25) is 0 Å². The number of carbonyl (C=O) groups excluding carboxylic acids is 4. The van der Waals surface area contributed by atoms with Gasteiger partial charge in [0.15, 0.2) is 6.61 Å². The van der Waals surface area contributed by atoms with Gasteiger partial charge in [0.25, 0.3) is 5.91 Å². The zero-order valence-corrected chi connectivity index (χ0v) is 16.6. The van der Waals surface area contributed by atoms with Gasteiger partial charge in [-0.05, 0) is 37.5 Å². The van der Waals surface area contributed by atoms with E-state index in [1.807, 2.05) is 27.7 Å². The predicted octanol–water partition coefficient (Wildman–Crippen LogP) is 1.53. The van der Waals surface area contributed by atoms with Gasteiger partial charge < -0.3 is 20.7 Å². The molecular formula is C19H28N4O5. The molecule has 0 heterocycles. The average Bonchev–Trinajstić information content (AvgIpc) is 2.62. The molecule has 0 aliphatic heterocycles. The first kappa shape index (κ1) is 22.9. The highest BCUT2D eigenvalue weighted by Gasteiger charge is 2.13. The fourth-order valence-electron chi connectivity index (χ4n) is 1.97. The van der Waals surface area contributed by atoms with Crippen molar-refractivity contribution in [3.63, 3.8) is 0 Å². The van der Waals surface area contributed by atoms with Crippen molar-refractivity contribution in [1.29, 1.82) is 0 Å². The molecule has 0 spiro atoms. The summed E-state index contributed by atoms with van der Waals surface area (Å²) in [5.74, 6) is -1.15. The Bertz CT molecular complexity index is 686. The summed E-state index contributed by atoms with van der Waals surface area (Å²) in [6.07, 6.45) is 0. The molecule has 0 saturated carbocycles. The third-order valence-corrected chi connectivity index (χ3v) is 3.32. The summed E-state index contributed by atoms with van der Waals surface area (Å²) in [7, 11) is 0. The van der Waals surface area contributed by atoms with Crippen molar-refractivity contribution in [2.24, 2.45) is 5.92 Å². The normalized spacial score (nSPS) is 10.4. The number of hydrogen-bond donors (Lipinski definition) is 4. The van der Waals surface area contributed by atoms with Crippen molar-refractivity contribution in [2.45, 2.75) is 40.3 Å². The third kappa shape index (κ3) is 9.56. The summed E-state index contributed by atoms with van der Waals surface area (Å²) in [4.78, 5) is 46.6. The molecule has 0 aliphatic rings. The van der Waals surface area contributed by atoms with Crippen LogP contribution in [0.5, 0.6) is 0 Å². The quantitative estimate of drug-likeness (QED) is 0.499. The number of amides is 5. The first-order valence-corrected chi connectivity index (χ1v) is 9.05. The Kier molecular flexibility index (Phi) is 9.49. The second-order valence-corrected chi connectivity index (χ2v) is 6.91. The Morgan fingerprint density at radius 2 is 1.57 bits per heavy atom. The Hall–Kier alpha value is -3.10. The van der Waals surface area contributed by atoms with Gasteiger partial charge in [-0.2, -0.15) is 0 Å². The molecule has 0 saturated heterocycles. The van der Waals surface area contributed by atoms with E-state index in [4.69, 9.17) is 4.74 Å². The van der Waals surface area contributed by atoms with Crippen LogP contribution in [-0.4, -0.2) is 43.1 Å². The van der Waals surface area contributed by atoms with E-state index in [0.717, 1.165) is 5.56 Å². The maximum atomic E-state index is 12.0. The monoisotopic (exact) mass is 392 g/mol. The number of ether oxygens (including phenoxy) is 1. The van der Waals surface area contributed by atoms with Gasteiger partial charge in [-0.15, -0.1) is 0 Å². The molecule has 9 heteroatoms. The third-order valence-electron chi connectivity index (χ3n) is 3.32. The summed E-state index contributed by atoms with van der Waals surface area (Å²) in [5, 5.41) is 10.0. The maximum absolute atomic E-state index is 12.0. The van der Waals surface area contributed by atoms with Gasteiger partial charge in [0.05, 0.1) is 5.56 Å². The molecule has 4 N–H and O–H groups in total. The summed E-state index contributed by atoms with van der Waals surface area (Å²) < 4.78 is 4.89. The Labute approximate surface area is 164 Å². The number of hydrogen-bond acceptors (Lipinski definition) is 5. The summed E-state index contributed by atoms with van der Waals surface area (Å²) >= 11 is 0. The topological polar surface area (TPSA) is 126 Å². The molecule has 0 radical (unpaired) electrons. The lowest BCUT2D eigenvalue weighted by Crippen LogP contribution is -2.42. The number of carbonyl (C=O) groups is 4. The minimum absolute atomic E-state index is 0.0376. The van der Waals surface area contributed by atoms with Crippen LogP contribution in [0.4, 0.5) is 9.59 Å². The fraction of sp³-hybridized carbons (Fsp3) is 0.474. The summed E-state index contributed by atoms with van der Waals surface area (Å²) in [6.45, 7) is 7.74. The molecule has 1 aromatic rings. The lowest BCUT2D eigenvalue weighted by Gasteiger charge is -2.10. The average molecular weight is 392 g/mol. The van der Waals surface area contributed by atoms with E-state index in [2.05, 4.69) is 21.3 Å². The van der Waals surface area contributed by atoms with Crippen molar-refractivity contribution in [3.8, 4) is 0 Å². The van der Waals surface area contributed by atoms with E-state index in [1.54, 1.807) is 12.1 Å². The Morgan fingerprint density at radius 1 is 0.929 bits per heavy atom. The molecule has 9 nitrogen and oxygen atoms in total. The molecule has 1 aromatic carbocycles. The zero-order chi connectivity index (χ0) is 21.1. The first-order valence-electron chi connectivity index (χ1n) is 9.05. The van der Waals surface area contributed by atoms with Crippen LogP contribution in [0.25, 0.3) is 0 Å². The standard InChI is InChI=1S/C19H28N4O5/c1-12(2)9-20-19(27)23-16(24)11-28-17(25)15-7-5-14(6-8-15)10-21-18(26)22-13(3)4/h5-8,12-13H,9-11H2,1-4H3,(H2,21,22,26)(H2,20,23,24,27). The molecule has 0 unspecified atom stereocenters. The molecule has 28 heavy (non-hydrogen) atoms. The van der Waals surface area contributed by atoms with E-state index in [-0.39, 0.29) is 23.6 Å². The highest BCUT2D eigenvalue weighted by Crippen LogP contribution is 2.06. The Balaban J connectivity index is 2.39. The zero-order valence-electron chi connectivity index (χ0n) is 16.6. The highest BCUT2D eigenvalue weighted by molar-refractivity contribution is 5.97. The number of urea groups is 2. The molecule has 0 aromatic heterocycles. The van der Waals surface area contributed by atoms with Crippen molar-refractivity contribution in [1.82, 2.24) is 21.3 Å². The molecular weight excluding hydrogens is 364 g/mol. The van der Waals surface area contributed by atoms with Crippen LogP contribution in [0.1, 0.15) is 43.6 Å². The van der Waals surface area contributed by atoms with Crippen LogP contribution in [0, 0.1) is 5.92 Å². The van der Waals surface area contributed by atoms with E-state index in [0.29, 0.717) is 13.1 Å². The van der Waals surface area contributed by atoms with Crippen LogP contribution in [0.15, 0.2) is 24.3 Å². The molecule has 0 atom stereocenters. The Morgan fingerprint density at radius 3 is 2.14 bits per heavy atom. The van der Waals surface area contributed by atoms with Gasteiger partial charge in [-0.3, -0.25) is 10.1 Å². The predicted molar refractivity (Wildman–Crippen MR) is 104 cm³/mol. The van der Waals surface area contributed by atoms with Crippen molar-refractivity contribution in [2.75, 3.05) is 13.2 Å². The van der Waals surface area contributed by atoms with Crippen LogP contribution in [-0.2, 0) is 16.1 Å². The van der Waals surface area contributed by atoms with E-state index in [1.165, 1.54) is 12.1 Å². The maximum Gasteiger partial charge on any atom is 0.338 e. The molecule has 154 valence electrons. The second kappa shape index (κ2) is 11.6. The fourth-order valence-corrected chi connectivity index (χ4v) is 1.97. The van der Waals surface area contributed by atoms with Crippen LogP contribution >= 0.6 is 0 Å². The summed E-state index contributed by atoms with van der Waals surface area (Å²) in [6, 6.07) is 5.54. The highest BCUT2D eigenvalue weighted by atomic mass is 16.5. The number of benzene rings is 1. The van der Waals surface area contributed by atoms with Crippen LogP contribution in [0.3, 0.4) is 0 Å². The molecule has 0 bridgehead atoms. The van der Waals surface area contributed by atoms with Gasteiger partial charge in [0, 0.05) is 19.1 Å². The minimum atomic E-state index is -0.716. The second-order valence-electron chi connectivity index (χ2n) is 6.91. The molecule has 0 fully saturated rings. The first-order chi connectivity index (χ1) is 13.2. The number of nitrogens with one attached hydrogen (secondary N) is 4. The number of imide groups is 1. The molecule has 0 aliphatic carbocycles. The SMILES string of the molecule is CC(C)CNC(=O)NC(=O)COC(=O)c1ccc(CNC(=O)NC(C)C)cc1. The van der Waals surface area contributed by atoms with Crippen molar-refractivity contribution in [3.05, 3.63) is 35.4 Å². The van der Waals surface area contributed by atoms with E-state index >= 15 is 0 Å². The minimum Gasteiger partial charge on any atom is -0.452 e. The van der Waals surface area contributed by atoms with Gasteiger partial charge in [-0.25, -0.2) is 14.4 Å². The number of esters is 1. The van der Waals surface area contributed by atoms with Crippen molar-refractivity contribution < 1.29 is 23.9 Å². The smallest absolute Gasteiger partial charge is 0.338 e. The summed E-state index contributed by atoms with van der Waals surface area (Å²) in [5.41, 5.74) is 1.06. The van der Waals surface area contributed by atoms with Crippen molar-refractivity contribution >= 4 is 23.9 Å². The van der Waals surface area contributed by atoms with Gasteiger partial charge in [0.1, 0.15) is 0 Å². The molecule has 5 amide bonds. The lowest BCUT2D eigenvalue weighted by atomic mass is 10.1. The molecule has 1 rings (SSSR count). The van der Waals surface area contributed by atoms with Crippen LogP contribution < -0.4 is 21.3 Å². The van der Waals surface area contributed by atoms with E-state index < -0.39 is 24.5 Å². The van der Waals surface area contributed by atoms with Gasteiger partial charge in [-0.1, -0.05) is 26.0 Å². The van der Waals surface area contributed by atoms with Gasteiger partial charge >= 0.3 is 18.0 Å². The largest absolute Gasteiger partial charge is 0.452 e. The van der Waals surface area contributed by atoms with E-state index in [9.17, 15) is 19.2 Å². The number of rotatable bonds is 8.